The molecule has 2 aliphatic rings. The van der Waals surface area contributed by atoms with Crippen molar-refractivity contribution in [2.75, 3.05) is 6.54 Å². The number of hydrogen-bond donors (Lipinski definition) is 0. The summed E-state index contributed by atoms with van der Waals surface area (Å²) in [4.78, 5) is 30.7. The van der Waals surface area contributed by atoms with E-state index in [1.54, 1.807) is 12.1 Å². The number of nitrogens with zero attached hydrogens (tertiary/aromatic N) is 2. The molecule has 1 aliphatic carbocycles. The van der Waals surface area contributed by atoms with Crippen LogP contribution in [-0.2, 0) is 4.79 Å². The van der Waals surface area contributed by atoms with Gasteiger partial charge in [-0.25, -0.2) is 4.98 Å². The zero-order valence-corrected chi connectivity index (χ0v) is 12.7. The SMILES string of the molecule is O=C1CCCC1C1CCCCN1C(=O)c1ccc(Cl)cn1. The second-order valence-corrected chi connectivity index (χ2v) is 6.32. The van der Waals surface area contributed by atoms with Gasteiger partial charge >= 0.3 is 0 Å². The summed E-state index contributed by atoms with van der Waals surface area (Å²) in [6.45, 7) is 0.720. The van der Waals surface area contributed by atoms with Crippen molar-refractivity contribution in [3.8, 4) is 0 Å². The van der Waals surface area contributed by atoms with Gasteiger partial charge in [0.25, 0.3) is 5.91 Å². The first kappa shape index (κ1) is 14.5. The summed E-state index contributed by atoms with van der Waals surface area (Å²) in [6, 6.07) is 3.40. The van der Waals surface area contributed by atoms with Crippen LogP contribution < -0.4 is 0 Å². The van der Waals surface area contributed by atoms with Gasteiger partial charge in [-0.2, -0.15) is 0 Å². The van der Waals surface area contributed by atoms with Crippen LogP contribution in [0.2, 0.25) is 5.02 Å². The average molecular weight is 307 g/mol. The third kappa shape index (κ3) is 2.95. The van der Waals surface area contributed by atoms with Crippen molar-refractivity contribution in [2.45, 2.75) is 44.6 Å². The van der Waals surface area contributed by atoms with Gasteiger partial charge in [-0.1, -0.05) is 11.6 Å². The van der Waals surface area contributed by atoms with E-state index in [-0.39, 0.29) is 17.9 Å². The molecule has 2 fully saturated rings. The Morgan fingerprint density at radius 2 is 2.10 bits per heavy atom. The predicted octanol–water partition coefficient (Wildman–Crippen LogP) is 3.10. The molecule has 0 radical (unpaired) electrons. The molecule has 0 aromatic carbocycles. The van der Waals surface area contributed by atoms with Crippen LogP contribution in [0.25, 0.3) is 0 Å². The molecule has 2 unspecified atom stereocenters. The van der Waals surface area contributed by atoms with Crippen molar-refractivity contribution < 1.29 is 9.59 Å². The van der Waals surface area contributed by atoms with Gasteiger partial charge in [-0.3, -0.25) is 9.59 Å². The lowest BCUT2D eigenvalue weighted by Crippen LogP contribution is -2.48. The summed E-state index contributed by atoms with van der Waals surface area (Å²) in [5.74, 6) is 0.279. The molecule has 0 spiro atoms. The first-order valence-electron chi connectivity index (χ1n) is 7.62. The van der Waals surface area contributed by atoms with Gasteiger partial charge < -0.3 is 4.90 Å². The Hall–Kier alpha value is -1.42. The molecular weight excluding hydrogens is 288 g/mol. The molecule has 1 aromatic rings. The maximum atomic E-state index is 12.7. The molecule has 2 atom stereocenters. The number of likely N-dealkylation sites (tertiary alicyclic amines) is 1. The largest absolute Gasteiger partial charge is 0.334 e. The highest BCUT2D eigenvalue weighted by molar-refractivity contribution is 6.30. The van der Waals surface area contributed by atoms with Crippen LogP contribution in [0.3, 0.4) is 0 Å². The van der Waals surface area contributed by atoms with Crippen molar-refractivity contribution >= 4 is 23.3 Å². The fourth-order valence-corrected chi connectivity index (χ4v) is 3.64. The highest BCUT2D eigenvalue weighted by atomic mass is 35.5. The van der Waals surface area contributed by atoms with Gasteiger partial charge in [-0.05, 0) is 44.2 Å². The van der Waals surface area contributed by atoms with E-state index < -0.39 is 0 Å². The third-order valence-corrected chi connectivity index (χ3v) is 4.80. The molecule has 0 N–H and O–H groups in total. The van der Waals surface area contributed by atoms with E-state index in [0.29, 0.717) is 22.9 Å². The minimum atomic E-state index is -0.0731. The first-order chi connectivity index (χ1) is 10.2. The van der Waals surface area contributed by atoms with Crippen LogP contribution in [0, 0.1) is 5.92 Å². The summed E-state index contributed by atoms with van der Waals surface area (Å²) in [6.07, 6.45) is 7.05. The smallest absolute Gasteiger partial charge is 0.272 e. The lowest BCUT2D eigenvalue weighted by atomic mass is 9.88. The lowest BCUT2D eigenvalue weighted by Gasteiger charge is -2.38. The molecular formula is C16H19ClN2O2. The Bertz CT molecular complexity index is 544. The predicted molar refractivity (Wildman–Crippen MR) is 80.3 cm³/mol. The Morgan fingerprint density at radius 1 is 1.24 bits per heavy atom. The van der Waals surface area contributed by atoms with E-state index in [0.717, 1.165) is 38.6 Å². The zero-order chi connectivity index (χ0) is 14.8. The molecule has 21 heavy (non-hydrogen) atoms. The lowest BCUT2D eigenvalue weighted by molar-refractivity contribution is -0.122. The number of carbonyl (C=O) groups is 2. The number of ketones is 1. The number of carbonyl (C=O) groups excluding carboxylic acids is 2. The average Bonchev–Trinajstić information content (AvgIpc) is 2.93. The third-order valence-electron chi connectivity index (χ3n) is 4.57. The maximum absolute atomic E-state index is 12.7. The van der Waals surface area contributed by atoms with Crippen LogP contribution in [0.1, 0.15) is 49.0 Å². The fraction of sp³-hybridized carbons (Fsp3) is 0.562. The maximum Gasteiger partial charge on any atom is 0.272 e. The van der Waals surface area contributed by atoms with Crippen molar-refractivity contribution in [3.63, 3.8) is 0 Å². The van der Waals surface area contributed by atoms with Crippen LogP contribution in [0.5, 0.6) is 0 Å². The Morgan fingerprint density at radius 3 is 2.76 bits per heavy atom. The van der Waals surface area contributed by atoms with Gasteiger partial charge in [0, 0.05) is 31.1 Å². The van der Waals surface area contributed by atoms with Crippen molar-refractivity contribution in [1.29, 1.82) is 0 Å². The molecule has 112 valence electrons. The Kier molecular flexibility index (Phi) is 4.24. The van der Waals surface area contributed by atoms with Crippen LogP contribution in [0.4, 0.5) is 0 Å². The summed E-state index contributed by atoms with van der Waals surface area (Å²) in [5.41, 5.74) is 0.414. The molecule has 5 heteroatoms. The van der Waals surface area contributed by atoms with Gasteiger partial charge in [0.2, 0.25) is 0 Å². The number of pyridine rings is 1. The molecule has 3 rings (SSSR count). The van der Waals surface area contributed by atoms with Crippen LogP contribution >= 0.6 is 11.6 Å². The molecule has 1 aromatic heterocycles. The van der Waals surface area contributed by atoms with Crippen molar-refractivity contribution in [3.05, 3.63) is 29.0 Å². The van der Waals surface area contributed by atoms with Crippen LogP contribution in [-0.4, -0.2) is 34.2 Å². The second-order valence-electron chi connectivity index (χ2n) is 5.89. The van der Waals surface area contributed by atoms with E-state index in [9.17, 15) is 9.59 Å². The number of Topliss-reactive ketones (excluding diaryl/α,β-unsaturated/α-hetero) is 1. The molecule has 2 heterocycles. The van der Waals surface area contributed by atoms with E-state index in [1.165, 1.54) is 6.20 Å². The molecule has 1 saturated carbocycles. The Labute approximate surface area is 129 Å². The van der Waals surface area contributed by atoms with Gasteiger partial charge in [-0.15, -0.1) is 0 Å². The van der Waals surface area contributed by atoms with Crippen molar-refractivity contribution in [2.24, 2.45) is 5.92 Å². The highest BCUT2D eigenvalue weighted by Gasteiger charge is 2.39. The zero-order valence-electron chi connectivity index (χ0n) is 11.9. The van der Waals surface area contributed by atoms with Gasteiger partial charge in [0.15, 0.2) is 0 Å². The summed E-state index contributed by atoms with van der Waals surface area (Å²) < 4.78 is 0. The number of halogens is 1. The van der Waals surface area contributed by atoms with E-state index in [4.69, 9.17) is 11.6 Å². The van der Waals surface area contributed by atoms with Crippen LogP contribution in [0.15, 0.2) is 18.3 Å². The first-order valence-corrected chi connectivity index (χ1v) is 8.00. The molecule has 1 saturated heterocycles. The summed E-state index contributed by atoms with van der Waals surface area (Å²) in [5, 5.41) is 0.521. The van der Waals surface area contributed by atoms with E-state index in [1.807, 2.05) is 4.90 Å². The minimum Gasteiger partial charge on any atom is -0.334 e. The number of amides is 1. The van der Waals surface area contributed by atoms with Gasteiger partial charge in [0.05, 0.1) is 5.02 Å². The number of rotatable bonds is 2. The van der Waals surface area contributed by atoms with E-state index in [2.05, 4.69) is 4.98 Å². The Balaban J connectivity index is 1.81. The standard InChI is InChI=1S/C16H19ClN2O2/c17-11-7-8-13(18-10-11)16(21)19-9-2-1-5-14(19)12-4-3-6-15(12)20/h7-8,10,12,14H,1-6,9H2. The highest BCUT2D eigenvalue weighted by Crippen LogP contribution is 2.33. The normalized spacial score (nSPS) is 26.1. The molecule has 4 nitrogen and oxygen atoms in total. The number of aromatic nitrogens is 1. The number of piperidine rings is 1. The second kappa shape index (κ2) is 6.14. The molecule has 1 aliphatic heterocycles. The summed E-state index contributed by atoms with van der Waals surface area (Å²) >= 11 is 5.82. The van der Waals surface area contributed by atoms with Crippen molar-refractivity contribution in [1.82, 2.24) is 9.88 Å². The van der Waals surface area contributed by atoms with Gasteiger partial charge in [0.1, 0.15) is 11.5 Å². The van der Waals surface area contributed by atoms with E-state index >= 15 is 0 Å². The monoisotopic (exact) mass is 306 g/mol. The molecule has 0 bridgehead atoms. The summed E-state index contributed by atoms with van der Waals surface area (Å²) in [7, 11) is 0. The minimum absolute atomic E-state index is 0.0292. The number of hydrogen-bond acceptors (Lipinski definition) is 3. The molecule has 1 amide bonds. The quantitative estimate of drug-likeness (QED) is 0.843. The fourth-order valence-electron chi connectivity index (χ4n) is 3.53. The topological polar surface area (TPSA) is 50.3 Å².